The van der Waals surface area contributed by atoms with Crippen LogP contribution in [0, 0.1) is 0 Å². The second-order valence-electron chi connectivity index (χ2n) is 5.53. The van der Waals surface area contributed by atoms with Crippen LogP contribution in [0.5, 0.6) is 0 Å². The molecule has 1 aliphatic heterocycles. The third kappa shape index (κ3) is 6.20. The summed E-state index contributed by atoms with van der Waals surface area (Å²) < 4.78 is 10.9. The molecule has 142 valence electrons. The normalized spacial score (nSPS) is 14.1. The van der Waals surface area contributed by atoms with E-state index in [1.807, 2.05) is 0 Å². The molecule has 1 heterocycles. The summed E-state index contributed by atoms with van der Waals surface area (Å²) in [4.78, 5) is 16.3. The quantitative estimate of drug-likeness (QED) is 0.610. The molecule has 0 spiro atoms. The van der Waals surface area contributed by atoms with Crippen molar-refractivity contribution in [2.45, 2.75) is 19.8 Å². The predicted molar refractivity (Wildman–Crippen MR) is 108 cm³/mol. The fourth-order valence-corrected chi connectivity index (χ4v) is 3.75. The number of amides is 1. The first-order chi connectivity index (χ1) is 12.5. The Morgan fingerprint density at radius 1 is 1.42 bits per heavy atom. The van der Waals surface area contributed by atoms with Crippen LogP contribution in [0.15, 0.2) is 33.9 Å². The molecular formula is C18H22Cl2N2O3S. The maximum absolute atomic E-state index is 11.8. The summed E-state index contributed by atoms with van der Waals surface area (Å²) in [7, 11) is 1.60. The zero-order valence-corrected chi connectivity index (χ0v) is 17.1. The summed E-state index contributed by atoms with van der Waals surface area (Å²) in [5.74, 6) is 1.11. The lowest BCUT2D eigenvalue weighted by atomic mass is 10.2. The van der Waals surface area contributed by atoms with Gasteiger partial charge < -0.3 is 14.8 Å². The van der Waals surface area contributed by atoms with E-state index in [4.69, 9.17) is 32.7 Å². The number of rotatable bonds is 9. The van der Waals surface area contributed by atoms with Gasteiger partial charge in [-0.25, -0.2) is 4.99 Å². The topological polar surface area (TPSA) is 59.9 Å². The molecule has 0 unspecified atom stereocenters. The van der Waals surface area contributed by atoms with Gasteiger partial charge in [0, 0.05) is 36.4 Å². The van der Waals surface area contributed by atoms with E-state index in [-0.39, 0.29) is 5.91 Å². The van der Waals surface area contributed by atoms with Gasteiger partial charge in [-0.3, -0.25) is 4.79 Å². The van der Waals surface area contributed by atoms with Gasteiger partial charge in [-0.05, 0) is 24.6 Å². The lowest BCUT2D eigenvalue weighted by Crippen LogP contribution is -2.27. The molecule has 26 heavy (non-hydrogen) atoms. The molecule has 0 aliphatic carbocycles. The van der Waals surface area contributed by atoms with Crippen molar-refractivity contribution in [3.63, 3.8) is 0 Å². The summed E-state index contributed by atoms with van der Waals surface area (Å²) in [6.45, 7) is 3.65. The molecule has 8 heteroatoms. The number of ether oxygens (including phenoxy) is 2. The zero-order chi connectivity index (χ0) is 18.9. The first-order valence-corrected chi connectivity index (χ1v) is 10.1. The lowest BCUT2D eigenvalue weighted by Gasteiger charge is -2.20. The Bertz CT molecular complexity index is 708. The molecule has 1 aromatic carbocycles. The largest absolute Gasteiger partial charge is 0.432 e. The van der Waals surface area contributed by atoms with E-state index in [1.165, 1.54) is 11.8 Å². The van der Waals surface area contributed by atoms with Crippen LogP contribution < -0.4 is 5.32 Å². The number of aliphatic imine (C=N–C) groups is 1. The van der Waals surface area contributed by atoms with E-state index in [9.17, 15) is 4.79 Å². The highest BCUT2D eigenvalue weighted by Gasteiger charge is 2.20. The third-order valence-electron chi connectivity index (χ3n) is 3.67. The van der Waals surface area contributed by atoms with Gasteiger partial charge in [-0.15, -0.1) is 0 Å². The molecule has 0 bridgehead atoms. The minimum absolute atomic E-state index is 0.00126. The van der Waals surface area contributed by atoms with Crippen LogP contribution in [-0.4, -0.2) is 44.4 Å². The molecule has 0 saturated heterocycles. The number of carbonyl (C=O) groups is 1. The van der Waals surface area contributed by atoms with Crippen LogP contribution in [0.2, 0.25) is 10.0 Å². The molecular weight excluding hydrogens is 395 g/mol. The molecule has 2 rings (SSSR count). The van der Waals surface area contributed by atoms with Crippen molar-refractivity contribution in [1.82, 2.24) is 5.32 Å². The van der Waals surface area contributed by atoms with Gasteiger partial charge in [0.25, 0.3) is 0 Å². The molecule has 1 N–H and O–H groups in total. The van der Waals surface area contributed by atoms with Gasteiger partial charge in [0.05, 0.1) is 23.7 Å². The second-order valence-corrected chi connectivity index (χ2v) is 7.44. The summed E-state index contributed by atoms with van der Waals surface area (Å²) in [6.07, 6.45) is 1.25. The maximum Gasteiger partial charge on any atom is 0.224 e. The van der Waals surface area contributed by atoms with Crippen molar-refractivity contribution in [1.29, 1.82) is 0 Å². The van der Waals surface area contributed by atoms with Crippen LogP contribution in [0.3, 0.4) is 0 Å². The van der Waals surface area contributed by atoms with Gasteiger partial charge in [0.1, 0.15) is 0 Å². The van der Waals surface area contributed by atoms with E-state index < -0.39 is 0 Å². The van der Waals surface area contributed by atoms with Crippen molar-refractivity contribution in [2.24, 2.45) is 4.99 Å². The van der Waals surface area contributed by atoms with Crippen molar-refractivity contribution in [3.05, 3.63) is 44.5 Å². The number of thioether (sulfide) groups is 1. The Balaban J connectivity index is 1.94. The lowest BCUT2D eigenvalue weighted by molar-refractivity contribution is -0.120. The Morgan fingerprint density at radius 2 is 2.23 bits per heavy atom. The number of carbonyl (C=O) groups excluding carboxylic acids is 1. The van der Waals surface area contributed by atoms with E-state index in [1.54, 1.807) is 25.3 Å². The van der Waals surface area contributed by atoms with Crippen LogP contribution in [0.4, 0.5) is 0 Å². The van der Waals surface area contributed by atoms with E-state index in [0.717, 1.165) is 17.1 Å². The maximum atomic E-state index is 11.8. The summed E-state index contributed by atoms with van der Waals surface area (Å²) >= 11 is 13.7. The molecule has 1 aromatic rings. The fourth-order valence-electron chi connectivity index (χ4n) is 2.23. The molecule has 0 radical (unpaired) electrons. The summed E-state index contributed by atoms with van der Waals surface area (Å²) in [5.41, 5.74) is 1.82. The molecule has 0 atom stereocenters. The fraction of sp³-hybridized carbons (Fsp3) is 0.444. The van der Waals surface area contributed by atoms with Crippen LogP contribution in [0.1, 0.15) is 25.3 Å². The smallest absolute Gasteiger partial charge is 0.224 e. The standard InChI is InChI=1S/C18H22Cl2N2O3S/c1-3-12-11-22-17(14-5-4-13(19)10-15(14)20)25-18(12)26-9-6-16(23)21-7-8-24-2/h4-5,10H,3,6-9,11H2,1-2H3,(H,21,23). The number of methoxy groups -OCH3 is 1. The van der Waals surface area contributed by atoms with Crippen molar-refractivity contribution >= 4 is 46.8 Å². The first-order valence-electron chi connectivity index (χ1n) is 8.33. The number of nitrogens with one attached hydrogen (secondary N) is 1. The van der Waals surface area contributed by atoms with E-state index in [2.05, 4.69) is 17.2 Å². The van der Waals surface area contributed by atoms with Crippen LogP contribution >= 0.6 is 35.0 Å². The highest BCUT2D eigenvalue weighted by atomic mass is 35.5. The van der Waals surface area contributed by atoms with Gasteiger partial charge >= 0.3 is 0 Å². The second kappa shape index (κ2) is 10.8. The van der Waals surface area contributed by atoms with E-state index >= 15 is 0 Å². The minimum Gasteiger partial charge on any atom is -0.432 e. The number of halogens is 2. The SMILES string of the molecule is CCC1=C(SCCC(=O)NCCOC)OC(c2ccc(Cl)cc2Cl)=NC1. The minimum atomic E-state index is -0.00126. The van der Waals surface area contributed by atoms with Crippen molar-refractivity contribution in [3.8, 4) is 0 Å². The average Bonchev–Trinajstić information content (AvgIpc) is 2.62. The monoisotopic (exact) mass is 416 g/mol. The van der Waals surface area contributed by atoms with Crippen LogP contribution in [0.25, 0.3) is 0 Å². The van der Waals surface area contributed by atoms with Gasteiger partial charge in [0.2, 0.25) is 11.8 Å². The molecule has 0 saturated carbocycles. The predicted octanol–water partition coefficient (Wildman–Crippen LogP) is 4.28. The zero-order valence-electron chi connectivity index (χ0n) is 14.8. The Labute approximate surface area is 168 Å². The number of hydrogen-bond donors (Lipinski definition) is 1. The van der Waals surface area contributed by atoms with E-state index in [0.29, 0.717) is 53.4 Å². The number of nitrogens with zero attached hydrogens (tertiary/aromatic N) is 1. The molecule has 1 aliphatic rings. The van der Waals surface area contributed by atoms with Gasteiger partial charge in [-0.2, -0.15) is 0 Å². The van der Waals surface area contributed by atoms with Gasteiger partial charge in [-0.1, -0.05) is 41.9 Å². The Kier molecular flexibility index (Phi) is 8.78. The van der Waals surface area contributed by atoms with Crippen LogP contribution in [-0.2, 0) is 14.3 Å². The Hall–Kier alpha value is -1.21. The highest BCUT2D eigenvalue weighted by Crippen LogP contribution is 2.31. The first kappa shape index (κ1) is 21.1. The van der Waals surface area contributed by atoms with Crippen molar-refractivity contribution < 1.29 is 14.3 Å². The Morgan fingerprint density at radius 3 is 2.92 bits per heavy atom. The highest BCUT2D eigenvalue weighted by molar-refractivity contribution is 8.02. The summed E-state index contributed by atoms with van der Waals surface area (Å²) in [6, 6.07) is 5.22. The molecule has 0 aromatic heterocycles. The number of hydrogen-bond acceptors (Lipinski definition) is 5. The molecule has 1 amide bonds. The molecule has 0 fully saturated rings. The third-order valence-corrected chi connectivity index (χ3v) is 5.26. The average molecular weight is 417 g/mol. The number of benzene rings is 1. The molecule has 5 nitrogen and oxygen atoms in total. The van der Waals surface area contributed by atoms with Crippen molar-refractivity contribution in [2.75, 3.05) is 32.6 Å². The summed E-state index contributed by atoms with van der Waals surface area (Å²) in [5, 5.41) is 4.67. The van der Waals surface area contributed by atoms with Gasteiger partial charge in [0.15, 0.2) is 5.09 Å².